The number of aromatic hydroxyl groups is 2. The van der Waals surface area contributed by atoms with Crippen molar-refractivity contribution < 1.29 is 19.8 Å². The SMILES string of the molecule is O=[C]c1ccc([C]=O)c(O)c1O. The lowest BCUT2D eigenvalue weighted by Crippen LogP contribution is -1.87. The maximum Gasteiger partial charge on any atom is 0.237 e. The number of benzene rings is 1. The highest BCUT2D eigenvalue weighted by Gasteiger charge is 2.10. The lowest BCUT2D eigenvalue weighted by Gasteiger charge is -2.00. The standard InChI is InChI=1S/C8H4O4/c9-3-5-1-2-6(4-10)8(12)7(5)11/h1-2,11-12H. The Hall–Kier alpha value is -1.84. The van der Waals surface area contributed by atoms with Gasteiger partial charge < -0.3 is 10.2 Å². The van der Waals surface area contributed by atoms with E-state index in [9.17, 15) is 9.59 Å². The van der Waals surface area contributed by atoms with Gasteiger partial charge in [-0.2, -0.15) is 0 Å². The first-order valence-corrected chi connectivity index (χ1v) is 3.02. The molecule has 0 amide bonds. The van der Waals surface area contributed by atoms with Gasteiger partial charge in [0.25, 0.3) is 0 Å². The zero-order valence-corrected chi connectivity index (χ0v) is 5.87. The topological polar surface area (TPSA) is 74.6 Å². The van der Waals surface area contributed by atoms with Gasteiger partial charge in [0.1, 0.15) is 0 Å². The summed E-state index contributed by atoms with van der Waals surface area (Å²) in [5.74, 6) is -1.29. The molecule has 0 aliphatic rings. The van der Waals surface area contributed by atoms with E-state index in [0.717, 1.165) is 0 Å². The van der Waals surface area contributed by atoms with Gasteiger partial charge in [0.2, 0.25) is 12.6 Å². The molecule has 0 fully saturated rings. The zero-order chi connectivity index (χ0) is 9.14. The molecule has 4 nitrogen and oxygen atoms in total. The summed E-state index contributed by atoms with van der Waals surface area (Å²) in [5.41, 5.74) is -0.377. The van der Waals surface area contributed by atoms with E-state index in [0.29, 0.717) is 0 Å². The summed E-state index contributed by atoms with van der Waals surface area (Å²) in [6.45, 7) is 0. The Labute approximate surface area is 68.1 Å². The molecule has 2 radical (unpaired) electrons. The van der Waals surface area contributed by atoms with Crippen molar-refractivity contribution in [3.63, 3.8) is 0 Å². The Bertz CT molecular complexity index is 297. The predicted octanol–water partition coefficient (Wildman–Crippen LogP) is 0.0134. The second-order valence-electron chi connectivity index (χ2n) is 2.06. The monoisotopic (exact) mass is 164 g/mol. The third-order valence-corrected chi connectivity index (χ3v) is 1.37. The summed E-state index contributed by atoms with van der Waals surface area (Å²) in [5, 5.41) is 18.0. The Morgan fingerprint density at radius 3 is 1.50 bits per heavy atom. The van der Waals surface area contributed by atoms with E-state index < -0.39 is 11.5 Å². The Morgan fingerprint density at radius 2 is 1.25 bits per heavy atom. The minimum Gasteiger partial charge on any atom is -0.504 e. The molecule has 0 aliphatic heterocycles. The van der Waals surface area contributed by atoms with Crippen LogP contribution in [-0.2, 0) is 9.59 Å². The van der Waals surface area contributed by atoms with Crippen molar-refractivity contribution in [1.82, 2.24) is 0 Å². The van der Waals surface area contributed by atoms with Crippen molar-refractivity contribution in [3.8, 4) is 11.5 Å². The maximum atomic E-state index is 10.1. The van der Waals surface area contributed by atoms with Crippen LogP contribution in [-0.4, -0.2) is 22.8 Å². The smallest absolute Gasteiger partial charge is 0.237 e. The fourth-order valence-corrected chi connectivity index (χ4v) is 0.744. The third kappa shape index (κ3) is 1.14. The number of hydrogen-bond donors (Lipinski definition) is 2. The number of rotatable bonds is 2. The molecule has 0 atom stereocenters. The molecule has 1 aromatic rings. The molecule has 0 bridgehead atoms. The summed E-state index contributed by atoms with van der Waals surface area (Å²) in [4.78, 5) is 20.2. The van der Waals surface area contributed by atoms with Crippen molar-refractivity contribution in [2.45, 2.75) is 0 Å². The van der Waals surface area contributed by atoms with Gasteiger partial charge in [-0.1, -0.05) is 0 Å². The molecule has 2 N–H and O–H groups in total. The third-order valence-electron chi connectivity index (χ3n) is 1.37. The van der Waals surface area contributed by atoms with Gasteiger partial charge in [0.05, 0.1) is 11.1 Å². The van der Waals surface area contributed by atoms with Crippen LogP contribution in [0.3, 0.4) is 0 Å². The van der Waals surface area contributed by atoms with Crippen molar-refractivity contribution in [1.29, 1.82) is 0 Å². The minimum atomic E-state index is -0.647. The van der Waals surface area contributed by atoms with E-state index in [-0.39, 0.29) is 11.1 Å². The van der Waals surface area contributed by atoms with Gasteiger partial charge in [-0.25, -0.2) is 0 Å². The first-order valence-electron chi connectivity index (χ1n) is 3.02. The second-order valence-corrected chi connectivity index (χ2v) is 2.06. The average molecular weight is 164 g/mol. The Morgan fingerprint density at radius 1 is 0.917 bits per heavy atom. The van der Waals surface area contributed by atoms with Gasteiger partial charge in [-0.05, 0) is 12.1 Å². The number of carbonyl (C=O) groups excluding carboxylic acids is 2. The van der Waals surface area contributed by atoms with E-state index >= 15 is 0 Å². The van der Waals surface area contributed by atoms with Crippen molar-refractivity contribution >= 4 is 12.6 Å². The van der Waals surface area contributed by atoms with Crippen LogP contribution >= 0.6 is 0 Å². The lowest BCUT2D eigenvalue weighted by molar-refractivity contribution is 0.401. The van der Waals surface area contributed by atoms with E-state index in [2.05, 4.69) is 0 Å². The van der Waals surface area contributed by atoms with Crippen LogP contribution < -0.4 is 0 Å². The Balaban J connectivity index is 3.38. The minimum absolute atomic E-state index is 0.188. The first-order chi connectivity index (χ1) is 5.70. The molecule has 12 heavy (non-hydrogen) atoms. The summed E-state index contributed by atoms with van der Waals surface area (Å²) in [6.07, 6.45) is 2.80. The van der Waals surface area contributed by atoms with E-state index in [1.807, 2.05) is 0 Å². The van der Waals surface area contributed by atoms with Crippen LogP contribution in [0.1, 0.15) is 11.1 Å². The van der Waals surface area contributed by atoms with E-state index in [4.69, 9.17) is 10.2 Å². The van der Waals surface area contributed by atoms with Gasteiger partial charge >= 0.3 is 0 Å². The van der Waals surface area contributed by atoms with Gasteiger partial charge in [0, 0.05) is 0 Å². The average Bonchev–Trinajstić information content (AvgIpc) is 2.10. The number of phenolic OH excluding ortho intramolecular Hbond substituents is 2. The second kappa shape index (κ2) is 3.04. The number of phenols is 2. The highest BCUT2D eigenvalue weighted by atomic mass is 16.3. The molecule has 60 valence electrons. The van der Waals surface area contributed by atoms with Gasteiger partial charge in [-0.3, -0.25) is 9.59 Å². The quantitative estimate of drug-likeness (QED) is 0.604. The number of hydrogen-bond acceptors (Lipinski definition) is 4. The fraction of sp³-hybridized carbons (Fsp3) is 0. The van der Waals surface area contributed by atoms with E-state index in [1.165, 1.54) is 24.7 Å². The fourth-order valence-electron chi connectivity index (χ4n) is 0.744. The van der Waals surface area contributed by atoms with Crippen LogP contribution in [0, 0.1) is 0 Å². The normalized spacial score (nSPS) is 9.33. The lowest BCUT2D eigenvalue weighted by atomic mass is 10.1. The van der Waals surface area contributed by atoms with Crippen LogP contribution in [0.2, 0.25) is 0 Å². The summed E-state index contributed by atoms with van der Waals surface area (Å²) in [6, 6.07) is 2.34. The molecule has 0 heterocycles. The predicted molar refractivity (Wildman–Crippen MR) is 39.4 cm³/mol. The van der Waals surface area contributed by atoms with Crippen LogP contribution in [0.4, 0.5) is 0 Å². The molecule has 1 rings (SSSR count). The molecule has 1 aromatic carbocycles. The Kier molecular flexibility index (Phi) is 2.09. The van der Waals surface area contributed by atoms with Crippen molar-refractivity contribution in [3.05, 3.63) is 23.3 Å². The molecule has 0 spiro atoms. The first kappa shape index (κ1) is 8.26. The molecule has 0 aliphatic carbocycles. The molecule has 0 saturated heterocycles. The summed E-state index contributed by atoms with van der Waals surface area (Å²) >= 11 is 0. The van der Waals surface area contributed by atoms with Crippen molar-refractivity contribution in [2.24, 2.45) is 0 Å². The highest BCUT2D eigenvalue weighted by Crippen LogP contribution is 2.30. The van der Waals surface area contributed by atoms with Crippen LogP contribution in [0.15, 0.2) is 12.1 Å². The zero-order valence-electron chi connectivity index (χ0n) is 5.87. The maximum absolute atomic E-state index is 10.1. The highest BCUT2D eigenvalue weighted by molar-refractivity contribution is 5.88. The summed E-state index contributed by atoms with van der Waals surface area (Å²) < 4.78 is 0. The van der Waals surface area contributed by atoms with E-state index in [1.54, 1.807) is 0 Å². The summed E-state index contributed by atoms with van der Waals surface area (Å²) in [7, 11) is 0. The van der Waals surface area contributed by atoms with Gasteiger partial charge in [0.15, 0.2) is 11.5 Å². The van der Waals surface area contributed by atoms with Crippen LogP contribution in [0.25, 0.3) is 0 Å². The molecule has 4 heteroatoms. The molecule has 0 unspecified atom stereocenters. The molecular weight excluding hydrogens is 160 g/mol. The molecular formula is C8H4O4. The molecule has 0 saturated carbocycles. The van der Waals surface area contributed by atoms with Crippen molar-refractivity contribution in [2.75, 3.05) is 0 Å². The largest absolute Gasteiger partial charge is 0.504 e. The van der Waals surface area contributed by atoms with Gasteiger partial charge in [-0.15, -0.1) is 0 Å². The van der Waals surface area contributed by atoms with Crippen LogP contribution in [0.5, 0.6) is 11.5 Å². The molecule has 0 aromatic heterocycles.